The fraction of sp³-hybridized carbons (Fsp3) is 0.250. The van der Waals surface area contributed by atoms with Crippen molar-refractivity contribution in [2.24, 2.45) is 7.05 Å². The van der Waals surface area contributed by atoms with Crippen LogP contribution in [0, 0.1) is 5.82 Å². The van der Waals surface area contributed by atoms with Gasteiger partial charge in [-0.05, 0) is 12.5 Å². The summed E-state index contributed by atoms with van der Waals surface area (Å²) in [7, 11) is 1.76. The molecule has 3 nitrogen and oxygen atoms in total. The topological polar surface area (TPSA) is 43.8 Å². The summed E-state index contributed by atoms with van der Waals surface area (Å²) in [4.78, 5) is 0. The molecule has 0 atom stereocenters. The molecule has 16 heavy (non-hydrogen) atoms. The van der Waals surface area contributed by atoms with Gasteiger partial charge in [-0.1, -0.05) is 25.1 Å². The number of nitrogens with zero attached hydrogens (tertiary/aromatic N) is 2. The maximum atomic E-state index is 13.7. The van der Waals surface area contributed by atoms with Crippen molar-refractivity contribution in [3.8, 4) is 11.1 Å². The Balaban J connectivity index is 2.68. The lowest BCUT2D eigenvalue weighted by Crippen LogP contribution is -1.98. The van der Waals surface area contributed by atoms with E-state index in [9.17, 15) is 4.39 Å². The lowest BCUT2D eigenvalue weighted by atomic mass is 10.0. The molecule has 0 bridgehead atoms. The molecule has 0 amide bonds. The third-order valence-corrected chi connectivity index (χ3v) is 2.64. The number of hydrogen-bond donors (Lipinski definition) is 1. The lowest BCUT2D eigenvalue weighted by molar-refractivity contribution is 0.631. The van der Waals surface area contributed by atoms with E-state index in [2.05, 4.69) is 5.10 Å². The van der Waals surface area contributed by atoms with Gasteiger partial charge in [-0.2, -0.15) is 5.10 Å². The Hall–Kier alpha value is -1.84. The number of hydrogen-bond acceptors (Lipinski definition) is 2. The van der Waals surface area contributed by atoms with E-state index < -0.39 is 0 Å². The van der Waals surface area contributed by atoms with E-state index >= 15 is 0 Å². The van der Waals surface area contributed by atoms with Gasteiger partial charge in [-0.3, -0.25) is 4.68 Å². The van der Waals surface area contributed by atoms with Gasteiger partial charge < -0.3 is 5.73 Å². The second-order valence-electron chi connectivity index (χ2n) is 3.66. The standard InChI is InChI=1S/C12H14FN3/c1-3-10-11(12(14)16(2)15-10)8-6-4-5-7-9(8)13/h4-7H,3,14H2,1-2H3. The Bertz CT molecular complexity index is 517. The van der Waals surface area contributed by atoms with Crippen molar-refractivity contribution >= 4 is 5.82 Å². The summed E-state index contributed by atoms with van der Waals surface area (Å²) in [6.07, 6.45) is 0.731. The Morgan fingerprint density at radius 3 is 2.69 bits per heavy atom. The molecule has 0 aliphatic carbocycles. The highest BCUT2D eigenvalue weighted by Gasteiger charge is 2.16. The summed E-state index contributed by atoms with van der Waals surface area (Å²) in [6, 6.07) is 6.62. The van der Waals surface area contributed by atoms with Gasteiger partial charge in [-0.25, -0.2) is 4.39 Å². The van der Waals surface area contributed by atoms with E-state index in [0.29, 0.717) is 16.9 Å². The predicted octanol–water partition coefficient (Wildman–Crippen LogP) is 2.37. The fourth-order valence-corrected chi connectivity index (χ4v) is 1.80. The summed E-state index contributed by atoms with van der Waals surface area (Å²) in [5, 5.41) is 4.27. The van der Waals surface area contributed by atoms with Gasteiger partial charge in [0.1, 0.15) is 11.6 Å². The molecule has 2 aromatic rings. The van der Waals surface area contributed by atoms with Crippen molar-refractivity contribution in [1.82, 2.24) is 9.78 Å². The number of rotatable bonds is 2. The second kappa shape index (κ2) is 3.96. The zero-order chi connectivity index (χ0) is 11.7. The minimum absolute atomic E-state index is 0.267. The Kier molecular flexibility index (Phi) is 2.64. The molecular weight excluding hydrogens is 205 g/mol. The lowest BCUT2D eigenvalue weighted by Gasteiger charge is -2.04. The van der Waals surface area contributed by atoms with E-state index in [4.69, 9.17) is 5.73 Å². The molecule has 0 fully saturated rings. The van der Waals surface area contributed by atoms with Crippen LogP contribution in [0.1, 0.15) is 12.6 Å². The number of nitrogen functional groups attached to an aromatic ring is 1. The number of benzene rings is 1. The molecule has 2 N–H and O–H groups in total. The van der Waals surface area contributed by atoms with Crippen molar-refractivity contribution in [2.45, 2.75) is 13.3 Å². The first-order valence-corrected chi connectivity index (χ1v) is 5.21. The van der Waals surface area contributed by atoms with Crippen LogP contribution in [-0.4, -0.2) is 9.78 Å². The maximum Gasteiger partial charge on any atom is 0.131 e. The first-order valence-electron chi connectivity index (χ1n) is 5.21. The van der Waals surface area contributed by atoms with E-state index in [0.717, 1.165) is 12.1 Å². The Morgan fingerprint density at radius 2 is 2.06 bits per heavy atom. The van der Waals surface area contributed by atoms with Crippen LogP contribution in [-0.2, 0) is 13.5 Å². The predicted molar refractivity (Wildman–Crippen MR) is 62.4 cm³/mol. The largest absolute Gasteiger partial charge is 0.383 e. The molecule has 0 aliphatic rings. The minimum atomic E-state index is -0.267. The zero-order valence-electron chi connectivity index (χ0n) is 9.37. The Labute approximate surface area is 93.7 Å². The molecule has 84 valence electrons. The second-order valence-corrected chi connectivity index (χ2v) is 3.66. The quantitative estimate of drug-likeness (QED) is 0.842. The molecule has 0 saturated heterocycles. The highest BCUT2D eigenvalue weighted by molar-refractivity contribution is 5.77. The third kappa shape index (κ3) is 1.56. The number of anilines is 1. The normalized spacial score (nSPS) is 10.7. The highest BCUT2D eigenvalue weighted by atomic mass is 19.1. The molecule has 0 aliphatic heterocycles. The molecular formula is C12H14FN3. The van der Waals surface area contributed by atoms with Gasteiger partial charge in [0.2, 0.25) is 0 Å². The molecule has 0 radical (unpaired) electrons. The van der Waals surface area contributed by atoms with Gasteiger partial charge in [0.15, 0.2) is 0 Å². The van der Waals surface area contributed by atoms with Crippen molar-refractivity contribution in [2.75, 3.05) is 5.73 Å². The summed E-state index contributed by atoms with van der Waals surface area (Å²) < 4.78 is 15.3. The molecule has 1 aromatic carbocycles. The number of aromatic nitrogens is 2. The van der Waals surface area contributed by atoms with Crippen LogP contribution in [0.4, 0.5) is 10.2 Å². The van der Waals surface area contributed by atoms with Crippen LogP contribution in [0.25, 0.3) is 11.1 Å². The Morgan fingerprint density at radius 1 is 1.38 bits per heavy atom. The molecule has 2 rings (SSSR count). The van der Waals surface area contributed by atoms with E-state index in [-0.39, 0.29) is 5.82 Å². The van der Waals surface area contributed by atoms with Crippen molar-refractivity contribution in [1.29, 1.82) is 0 Å². The minimum Gasteiger partial charge on any atom is -0.383 e. The van der Waals surface area contributed by atoms with E-state index in [1.54, 1.807) is 29.9 Å². The van der Waals surface area contributed by atoms with Crippen molar-refractivity contribution in [3.63, 3.8) is 0 Å². The van der Waals surface area contributed by atoms with Gasteiger partial charge >= 0.3 is 0 Å². The number of nitrogens with two attached hydrogens (primary N) is 1. The SMILES string of the molecule is CCc1nn(C)c(N)c1-c1ccccc1F. The van der Waals surface area contributed by atoms with Gasteiger partial charge in [0, 0.05) is 18.2 Å². The van der Waals surface area contributed by atoms with Gasteiger partial charge in [0.25, 0.3) is 0 Å². The zero-order valence-corrected chi connectivity index (χ0v) is 9.37. The molecule has 1 aromatic heterocycles. The van der Waals surface area contributed by atoms with Crippen LogP contribution < -0.4 is 5.73 Å². The highest BCUT2D eigenvalue weighted by Crippen LogP contribution is 2.31. The average Bonchev–Trinajstić information content (AvgIpc) is 2.56. The third-order valence-electron chi connectivity index (χ3n) is 2.64. The number of halogens is 1. The summed E-state index contributed by atoms with van der Waals surface area (Å²) >= 11 is 0. The summed E-state index contributed by atoms with van der Waals surface area (Å²) in [5.41, 5.74) is 7.97. The smallest absolute Gasteiger partial charge is 0.131 e. The fourth-order valence-electron chi connectivity index (χ4n) is 1.80. The van der Waals surface area contributed by atoms with Crippen LogP contribution in [0.15, 0.2) is 24.3 Å². The molecule has 0 spiro atoms. The van der Waals surface area contributed by atoms with Crippen LogP contribution in [0.2, 0.25) is 0 Å². The van der Waals surface area contributed by atoms with E-state index in [1.165, 1.54) is 6.07 Å². The van der Waals surface area contributed by atoms with Gasteiger partial charge in [0.05, 0.1) is 5.69 Å². The van der Waals surface area contributed by atoms with Crippen LogP contribution in [0.3, 0.4) is 0 Å². The van der Waals surface area contributed by atoms with Crippen molar-refractivity contribution < 1.29 is 4.39 Å². The monoisotopic (exact) mass is 219 g/mol. The molecule has 1 heterocycles. The summed E-state index contributed by atoms with van der Waals surface area (Å²) in [6.45, 7) is 1.98. The molecule has 0 saturated carbocycles. The molecule has 0 unspecified atom stereocenters. The van der Waals surface area contributed by atoms with Crippen LogP contribution in [0.5, 0.6) is 0 Å². The van der Waals surface area contributed by atoms with Crippen LogP contribution >= 0.6 is 0 Å². The first-order chi connectivity index (χ1) is 7.65. The van der Waals surface area contributed by atoms with E-state index in [1.807, 2.05) is 6.92 Å². The first kappa shape index (κ1) is 10.7. The van der Waals surface area contributed by atoms with Gasteiger partial charge in [-0.15, -0.1) is 0 Å². The average molecular weight is 219 g/mol. The molecule has 4 heteroatoms. The number of aryl methyl sites for hydroxylation is 2. The van der Waals surface area contributed by atoms with Crippen molar-refractivity contribution in [3.05, 3.63) is 35.8 Å². The summed E-state index contributed by atoms with van der Waals surface area (Å²) in [5.74, 6) is 0.235. The maximum absolute atomic E-state index is 13.7.